The van der Waals surface area contributed by atoms with Crippen LogP contribution < -0.4 is 0 Å². The fourth-order valence-electron chi connectivity index (χ4n) is 5.01. The summed E-state index contributed by atoms with van der Waals surface area (Å²) in [7, 11) is 1.38. The fraction of sp³-hybridized carbons (Fsp3) is 0.692. The van der Waals surface area contributed by atoms with E-state index in [1.165, 1.54) is 7.11 Å². The molecule has 0 aliphatic carbocycles. The second kappa shape index (κ2) is 13.0. The Morgan fingerprint density at radius 3 is 2.45 bits per heavy atom. The number of esters is 2. The molecule has 0 aromatic carbocycles. The number of hydrogen-bond acceptors (Lipinski definition) is 6. The van der Waals surface area contributed by atoms with Gasteiger partial charge in [0, 0.05) is 18.4 Å². The lowest BCUT2D eigenvalue weighted by Gasteiger charge is -2.37. The summed E-state index contributed by atoms with van der Waals surface area (Å²) in [4.78, 5) is 24.7. The minimum Gasteiger partial charge on any atom is -0.466 e. The van der Waals surface area contributed by atoms with Crippen LogP contribution in [-0.2, 0) is 28.5 Å². The van der Waals surface area contributed by atoms with Crippen LogP contribution in [0.2, 0.25) is 0 Å². The topological polar surface area (TPSA) is 71.1 Å². The maximum absolute atomic E-state index is 12.8. The third kappa shape index (κ3) is 8.51. The Hall–Kier alpha value is -1.19. The van der Waals surface area contributed by atoms with Gasteiger partial charge in [-0.25, -0.2) is 4.79 Å². The van der Waals surface area contributed by atoms with Crippen LogP contribution in [0.5, 0.6) is 0 Å². The fourth-order valence-corrected chi connectivity index (χ4v) is 5.42. The number of carbonyl (C=O) groups excluding carboxylic acids is 2. The lowest BCUT2D eigenvalue weighted by atomic mass is 9.89. The minimum atomic E-state index is -0.370. The van der Waals surface area contributed by atoms with Gasteiger partial charge < -0.3 is 18.9 Å². The first-order valence-electron chi connectivity index (χ1n) is 12.1. The van der Waals surface area contributed by atoms with E-state index >= 15 is 0 Å². The molecule has 0 aromatic rings. The Kier molecular flexibility index (Phi) is 10.4. The van der Waals surface area contributed by atoms with Crippen LogP contribution in [0.3, 0.4) is 0 Å². The predicted molar refractivity (Wildman–Crippen MR) is 135 cm³/mol. The summed E-state index contributed by atoms with van der Waals surface area (Å²) < 4.78 is 25.4. The summed E-state index contributed by atoms with van der Waals surface area (Å²) in [6, 6.07) is 0. The molecular formula is C26H37IO6. The summed E-state index contributed by atoms with van der Waals surface area (Å²) >= 11 is 2.15. The lowest BCUT2D eigenvalue weighted by Crippen LogP contribution is -2.37. The van der Waals surface area contributed by atoms with Gasteiger partial charge in [-0.05, 0) is 54.6 Å². The third-order valence-electron chi connectivity index (χ3n) is 6.67. The molecule has 4 bridgehead atoms. The van der Waals surface area contributed by atoms with Crippen LogP contribution in [-0.4, -0.2) is 49.6 Å². The van der Waals surface area contributed by atoms with E-state index in [9.17, 15) is 9.59 Å². The van der Waals surface area contributed by atoms with Crippen molar-refractivity contribution in [3.05, 3.63) is 34.0 Å². The summed E-state index contributed by atoms with van der Waals surface area (Å²) in [5.41, 5.74) is 0.956. The summed E-state index contributed by atoms with van der Waals surface area (Å²) in [5, 5.41) is 0. The van der Waals surface area contributed by atoms with Crippen molar-refractivity contribution >= 4 is 34.5 Å². The molecule has 0 saturated carbocycles. The number of hydrogen-bond donors (Lipinski definition) is 0. The van der Waals surface area contributed by atoms with Crippen LogP contribution in [0.1, 0.15) is 65.2 Å². The van der Waals surface area contributed by atoms with Crippen LogP contribution in [0.25, 0.3) is 0 Å². The van der Waals surface area contributed by atoms with Crippen molar-refractivity contribution in [3.8, 4) is 0 Å². The SMILES string of the molecule is COC(=O)/C=C1\C[C@H]2CC(=O)O[C@@H](/C=C/I)[C@@H](C)/C=C/[C@H](C)C[C@H]3CCC[C@@H](C[C@@H](C1)O2)O3. The van der Waals surface area contributed by atoms with E-state index in [2.05, 4.69) is 48.6 Å². The number of fused-ring (bicyclic) bond motifs is 4. The Morgan fingerprint density at radius 2 is 1.73 bits per heavy atom. The zero-order valence-electron chi connectivity index (χ0n) is 19.9. The van der Waals surface area contributed by atoms with E-state index in [4.69, 9.17) is 18.9 Å². The molecule has 0 aromatic heterocycles. The second-order valence-corrected chi connectivity index (χ2v) is 10.3. The number of carbonyl (C=O) groups is 2. The van der Waals surface area contributed by atoms with Gasteiger partial charge in [0.25, 0.3) is 0 Å². The molecule has 3 rings (SSSR count). The average molecular weight is 572 g/mol. The number of halogens is 1. The van der Waals surface area contributed by atoms with Gasteiger partial charge in [0.2, 0.25) is 0 Å². The van der Waals surface area contributed by atoms with E-state index < -0.39 is 0 Å². The molecule has 2 fully saturated rings. The smallest absolute Gasteiger partial charge is 0.330 e. The van der Waals surface area contributed by atoms with Crippen molar-refractivity contribution in [2.45, 2.75) is 95.7 Å². The molecular weight excluding hydrogens is 535 g/mol. The summed E-state index contributed by atoms with van der Waals surface area (Å²) in [5.74, 6) is -0.212. The Labute approximate surface area is 211 Å². The number of methoxy groups -OCH3 is 1. The maximum Gasteiger partial charge on any atom is 0.330 e. The molecule has 7 atom stereocenters. The van der Waals surface area contributed by atoms with Crippen molar-refractivity contribution in [2.24, 2.45) is 11.8 Å². The zero-order valence-corrected chi connectivity index (χ0v) is 22.1. The predicted octanol–water partition coefficient (Wildman–Crippen LogP) is 5.44. The average Bonchev–Trinajstić information content (AvgIpc) is 2.76. The molecule has 7 heteroatoms. The lowest BCUT2D eigenvalue weighted by molar-refractivity contribution is -0.154. The molecule has 0 radical (unpaired) electrons. The minimum absolute atomic E-state index is 0.0603. The first kappa shape index (κ1) is 26.4. The summed E-state index contributed by atoms with van der Waals surface area (Å²) in [6.07, 6.45) is 13.8. The summed E-state index contributed by atoms with van der Waals surface area (Å²) in [6.45, 7) is 4.28. The van der Waals surface area contributed by atoms with Gasteiger partial charge in [0.05, 0.1) is 37.9 Å². The molecule has 6 nitrogen and oxygen atoms in total. The van der Waals surface area contributed by atoms with Gasteiger partial charge in [0.1, 0.15) is 6.10 Å². The van der Waals surface area contributed by atoms with Crippen LogP contribution in [0.4, 0.5) is 0 Å². The van der Waals surface area contributed by atoms with Gasteiger partial charge in [-0.1, -0.05) is 54.2 Å². The van der Waals surface area contributed by atoms with Crippen molar-refractivity contribution < 1.29 is 28.5 Å². The highest BCUT2D eigenvalue weighted by molar-refractivity contribution is 14.1. The zero-order chi connectivity index (χ0) is 23.8. The molecule has 3 heterocycles. The van der Waals surface area contributed by atoms with Crippen molar-refractivity contribution in [1.29, 1.82) is 0 Å². The van der Waals surface area contributed by atoms with Crippen molar-refractivity contribution in [2.75, 3.05) is 7.11 Å². The molecule has 0 spiro atoms. The van der Waals surface area contributed by atoms with Crippen molar-refractivity contribution in [1.82, 2.24) is 0 Å². The number of cyclic esters (lactones) is 1. The Morgan fingerprint density at radius 1 is 1.03 bits per heavy atom. The molecule has 0 N–H and O–H groups in total. The maximum atomic E-state index is 12.8. The molecule has 3 aliphatic heterocycles. The molecule has 3 aliphatic rings. The number of allylic oxidation sites excluding steroid dienone is 1. The van der Waals surface area contributed by atoms with Gasteiger partial charge in [-0.3, -0.25) is 4.79 Å². The first-order valence-corrected chi connectivity index (χ1v) is 13.3. The van der Waals surface area contributed by atoms with Gasteiger partial charge in [0.15, 0.2) is 0 Å². The Bertz CT molecular complexity index is 760. The normalized spacial score (nSPS) is 38.6. The van der Waals surface area contributed by atoms with Crippen LogP contribution in [0, 0.1) is 11.8 Å². The standard InChI is InChI=1S/C26H37IO6/c1-17-7-8-18(2)24(9-10-27)33-26(29)16-23-13-19(14-25(28)30-3)12-22(32-23)15-21-6-4-5-20(11-17)31-21/h7-10,14,17-18,20-24H,4-6,11-13,15-16H2,1-3H3/b8-7+,10-9+,19-14-/t17-,18-,20+,21-,22+,23-,24-/m0/s1. The van der Waals surface area contributed by atoms with Crippen molar-refractivity contribution in [3.63, 3.8) is 0 Å². The quantitative estimate of drug-likeness (QED) is 0.190. The van der Waals surface area contributed by atoms with E-state index in [1.54, 1.807) is 6.08 Å². The van der Waals surface area contributed by atoms with Gasteiger partial charge in [-0.15, -0.1) is 0 Å². The number of ether oxygens (including phenoxy) is 4. The first-order chi connectivity index (χ1) is 15.9. The van der Waals surface area contributed by atoms with Gasteiger partial charge in [-0.2, -0.15) is 0 Å². The van der Waals surface area contributed by atoms with E-state index in [1.807, 2.05) is 10.2 Å². The highest BCUT2D eigenvalue weighted by atomic mass is 127. The monoisotopic (exact) mass is 572 g/mol. The van der Waals surface area contributed by atoms with Crippen LogP contribution >= 0.6 is 22.6 Å². The Balaban J connectivity index is 1.83. The highest BCUT2D eigenvalue weighted by Crippen LogP contribution is 2.33. The molecule has 0 amide bonds. The van der Waals surface area contributed by atoms with Crippen LogP contribution in [0.15, 0.2) is 34.0 Å². The third-order valence-corrected chi connectivity index (χ3v) is 7.09. The molecule has 33 heavy (non-hydrogen) atoms. The van der Waals surface area contributed by atoms with E-state index in [0.717, 1.165) is 37.7 Å². The van der Waals surface area contributed by atoms with Gasteiger partial charge >= 0.3 is 11.9 Å². The molecule has 2 saturated heterocycles. The largest absolute Gasteiger partial charge is 0.466 e. The van der Waals surface area contributed by atoms with E-state index in [-0.39, 0.29) is 54.8 Å². The number of rotatable bonds is 2. The molecule has 0 unspecified atom stereocenters. The second-order valence-electron chi connectivity index (χ2n) is 9.59. The highest BCUT2D eigenvalue weighted by Gasteiger charge is 2.33. The van der Waals surface area contributed by atoms with E-state index in [0.29, 0.717) is 18.8 Å². The molecule has 184 valence electrons.